The van der Waals surface area contributed by atoms with Crippen LogP contribution in [0.25, 0.3) is 0 Å². The normalized spacial score (nSPS) is 15.1. The van der Waals surface area contributed by atoms with Crippen LogP contribution in [0.1, 0.15) is 54.9 Å². The molecule has 0 aromatic heterocycles. The molecule has 3 nitrogen and oxygen atoms in total. The van der Waals surface area contributed by atoms with Gasteiger partial charge in [0.05, 0.1) is 6.04 Å². The number of carbonyl (C=O) groups excluding carboxylic acids is 1. The second-order valence-corrected chi connectivity index (χ2v) is 6.88. The topological polar surface area (TPSA) is 55.1 Å². The van der Waals surface area contributed by atoms with Crippen LogP contribution in [0.2, 0.25) is 0 Å². The molecule has 0 heterocycles. The molecule has 3 heteroatoms. The van der Waals surface area contributed by atoms with Gasteiger partial charge in [-0.1, -0.05) is 34.6 Å². The maximum Gasteiger partial charge on any atom is 0.237 e. The molecule has 0 saturated heterocycles. The van der Waals surface area contributed by atoms with Crippen LogP contribution in [-0.4, -0.2) is 17.5 Å². The molecular formula is C13H28N2O. The van der Waals surface area contributed by atoms with Crippen molar-refractivity contribution in [3.05, 3.63) is 0 Å². The van der Waals surface area contributed by atoms with Gasteiger partial charge in [0.15, 0.2) is 0 Å². The highest BCUT2D eigenvalue weighted by molar-refractivity contribution is 5.82. The fourth-order valence-electron chi connectivity index (χ4n) is 2.09. The third kappa shape index (κ3) is 6.11. The van der Waals surface area contributed by atoms with Crippen molar-refractivity contribution in [2.75, 3.05) is 0 Å². The zero-order chi connectivity index (χ0) is 13.1. The summed E-state index contributed by atoms with van der Waals surface area (Å²) in [5.74, 6) is 0.120. The first kappa shape index (κ1) is 15.4. The van der Waals surface area contributed by atoms with Gasteiger partial charge in [0, 0.05) is 5.54 Å². The highest BCUT2D eigenvalue weighted by Crippen LogP contribution is 2.26. The van der Waals surface area contributed by atoms with Crippen LogP contribution in [0.5, 0.6) is 0 Å². The van der Waals surface area contributed by atoms with E-state index in [2.05, 4.69) is 26.1 Å². The van der Waals surface area contributed by atoms with Crippen molar-refractivity contribution < 1.29 is 4.79 Å². The molecule has 0 spiro atoms. The van der Waals surface area contributed by atoms with Gasteiger partial charge in [0.25, 0.3) is 0 Å². The Hall–Kier alpha value is -0.570. The third-order valence-electron chi connectivity index (χ3n) is 2.45. The Morgan fingerprint density at radius 1 is 1.19 bits per heavy atom. The first-order chi connectivity index (χ1) is 6.94. The molecule has 0 aromatic carbocycles. The number of rotatable bonds is 4. The summed E-state index contributed by atoms with van der Waals surface area (Å²) >= 11 is 0. The standard InChI is InChI=1S/C13H28N2O/c1-9(2)10(14)11(16)15-13(6,7)8-12(3,4)5/h9-10H,8,14H2,1-7H3,(H,15,16). The minimum atomic E-state index is -0.417. The van der Waals surface area contributed by atoms with Crippen LogP contribution in [0, 0.1) is 11.3 Å². The van der Waals surface area contributed by atoms with Crippen LogP contribution < -0.4 is 11.1 Å². The van der Waals surface area contributed by atoms with Gasteiger partial charge >= 0.3 is 0 Å². The first-order valence-electron chi connectivity index (χ1n) is 6.02. The van der Waals surface area contributed by atoms with E-state index in [0.29, 0.717) is 0 Å². The summed E-state index contributed by atoms with van der Waals surface area (Å²) in [6.45, 7) is 14.5. The van der Waals surface area contributed by atoms with Gasteiger partial charge in [-0.05, 0) is 31.6 Å². The highest BCUT2D eigenvalue weighted by atomic mass is 16.2. The van der Waals surface area contributed by atoms with Gasteiger partial charge in [-0.2, -0.15) is 0 Å². The molecule has 0 saturated carbocycles. The Labute approximate surface area is 100 Å². The van der Waals surface area contributed by atoms with Gasteiger partial charge in [-0.3, -0.25) is 4.79 Å². The second-order valence-electron chi connectivity index (χ2n) is 6.88. The van der Waals surface area contributed by atoms with Crippen molar-refractivity contribution in [2.24, 2.45) is 17.1 Å². The van der Waals surface area contributed by atoms with E-state index in [1.54, 1.807) is 0 Å². The molecule has 0 rings (SSSR count). The summed E-state index contributed by atoms with van der Waals surface area (Å²) in [5.41, 5.74) is 5.81. The maximum atomic E-state index is 11.8. The van der Waals surface area contributed by atoms with E-state index >= 15 is 0 Å². The van der Waals surface area contributed by atoms with E-state index in [1.807, 2.05) is 27.7 Å². The Kier molecular flexibility index (Phi) is 4.99. The fraction of sp³-hybridized carbons (Fsp3) is 0.923. The van der Waals surface area contributed by atoms with Crippen molar-refractivity contribution in [1.29, 1.82) is 0 Å². The Balaban J connectivity index is 4.42. The largest absolute Gasteiger partial charge is 0.350 e. The number of nitrogens with one attached hydrogen (secondary N) is 1. The Morgan fingerprint density at radius 2 is 1.62 bits per heavy atom. The lowest BCUT2D eigenvalue weighted by molar-refractivity contribution is -0.125. The van der Waals surface area contributed by atoms with E-state index in [4.69, 9.17) is 5.73 Å². The number of nitrogens with two attached hydrogens (primary N) is 1. The molecule has 0 radical (unpaired) electrons. The maximum absolute atomic E-state index is 11.8. The molecule has 0 aliphatic carbocycles. The van der Waals surface area contributed by atoms with E-state index in [0.717, 1.165) is 6.42 Å². The first-order valence-corrected chi connectivity index (χ1v) is 6.02. The quantitative estimate of drug-likeness (QED) is 0.775. The number of amides is 1. The molecule has 1 unspecified atom stereocenters. The summed E-state index contributed by atoms with van der Waals surface area (Å²) in [5, 5.41) is 3.03. The molecule has 96 valence electrons. The monoisotopic (exact) mass is 228 g/mol. The van der Waals surface area contributed by atoms with E-state index in [9.17, 15) is 4.79 Å². The van der Waals surface area contributed by atoms with E-state index in [-0.39, 0.29) is 22.8 Å². The number of hydrogen-bond acceptors (Lipinski definition) is 2. The summed E-state index contributed by atoms with van der Waals surface area (Å²) in [4.78, 5) is 11.8. The lowest BCUT2D eigenvalue weighted by atomic mass is 9.81. The van der Waals surface area contributed by atoms with Gasteiger partial charge in [0.2, 0.25) is 5.91 Å². The third-order valence-corrected chi connectivity index (χ3v) is 2.45. The second kappa shape index (κ2) is 5.17. The smallest absolute Gasteiger partial charge is 0.237 e. The molecule has 0 aliphatic heterocycles. The predicted molar refractivity (Wildman–Crippen MR) is 69.1 cm³/mol. The van der Waals surface area contributed by atoms with E-state index < -0.39 is 6.04 Å². The summed E-state index contributed by atoms with van der Waals surface area (Å²) in [7, 11) is 0. The minimum absolute atomic E-state index is 0.0516. The van der Waals surface area contributed by atoms with Gasteiger partial charge in [0.1, 0.15) is 0 Å². The fourth-order valence-corrected chi connectivity index (χ4v) is 2.09. The molecule has 3 N–H and O–H groups in total. The summed E-state index contributed by atoms with van der Waals surface area (Å²) in [6, 6.07) is -0.417. The van der Waals surface area contributed by atoms with Gasteiger partial charge in [-0.25, -0.2) is 0 Å². The minimum Gasteiger partial charge on any atom is -0.350 e. The van der Waals surface area contributed by atoms with Gasteiger partial charge < -0.3 is 11.1 Å². The van der Waals surface area contributed by atoms with Crippen molar-refractivity contribution in [3.63, 3.8) is 0 Å². The molecule has 1 atom stereocenters. The molecule has 1 amide bonds. The van der Waals surface area contributed by atoms with Gasteiger partial charge in [-0.15, -0.1) is 0 Å². The average molecular weight is 228 g/mol. The Morgan fingerprint density at radius 3 is 1.94 bits per heavy atom. The number of hydrogen-bond donors (Lipinski definition) is 2. The van der Waals surface area contributed by atoms with Crippen LogP contribution in [0.15, 0.2) is 0 Å². The molecular weight excluding hydrogens is 200 g/mol. The zero-order valence-electron chi connectivity index (χ0n) is 11.8. The molecule has 16 heavy (non-hydrogen) atoms. The SMILES string of the molecule is CC(C)C(N)C(=O)NC(C)(C)CC(C)(C)C. The van der Waals surface area contributed by atoms with Crippen LogP contribution in [0.3, 0.4) is 0 Å². The Bertz CT molecular complexity index is 239. The van der Waals surface area contributed by atoms with E-state index in [1.165, 1.54) is 0 Å². The lowest BCUT2D eigenvalue weighted by Gasteiger charge is -2.34. The predicted octanol–water partition coefficient (Wildman–Crippen LogP) is 2.30. The molecule has 0 bridgehead atoms. The molecule has 0 fully saturated rings. The van der Waals surface area contributed by atoms with Crippen LogP contribution in [0.4, 0.5) is 0 Å². The summed E-state index contributed by atoms with van der Waals surface area (Å²) < 4.78 is 0. The number of carbonyl (C=O) groups is 1. The molecule has 0 aromatic rings. The lowest BCUT2D eigenvalue weighted by Crippen LogP contribution is -2.53. The highest BCUT2D eigenvalue weighted by Gasteiger charge is 2.29. The van der Waals surface area contributed by atoms with Crippen molar-refractivity contribution in [1.82, 2.24) is 5.32 Å². The van der Waals surface area contributed by atoms with Crippen molar-refractivity contribution >= 4 is 5.91 Å². The zero-order valence-corrected chi connectivity index (χ0v) is 11.8. The van der Waals surface area contributed by atoms with Crippen molar-refractivity contribution in [2.45, 2.75) is 66.5 Å². The van der Waals surface area contributed by atoms with Crippen LogP contribution >= 0.6 is 0 Å². The molecule has 0 aliphatic rings. The average Bonchev–Trinajstić information content (AvgIpc) is 1.96. The van der Waals surface area contributed by atoms with Crippen LogP contribution in [-0.2, 0) is 4.79 Å². The summed E-state index contributed by atoms with van der Waals surface area (Å²) in [6.07, 6.45) is 0.927. The van der Waals surface area contributed by atoms with Crippen molar-refractivity contribution in [3.8, 4) is 0 Å².